The predicted octanol–water partition coefficient (Wildman–Crippen LogP) is 0.522. The molecule has 1 aliphatic rings. The smallest absolute Gasteiger partial charge is 0.0638 e. The molecule has 0 bridgehead atoms. The summed E-state index contributed by atoms with van der Waals surface area (Å²) >= 11 is 0. The van der Waals surface area contributed by atoms with E-state index in [1.165, 1.54) is 5.56 Å². The highest BCUT2D eigenvalue weighted by Gasteiger charge is 2.19. The van der Waals surface area contributed by atoms with E-state index in [0.29, 0.717) is 6.04 Å². The van der Waals surface area contributed by atoms with Gasteiger partial charge in [0.1, 0.15) is 0 Å². The highest BCUT2D eigenvalue weighted by Crippen LogP contribution is 2.12. The Hall–Kier alpha value is -0.870. The molecule has 1 aliphatic heterocycles. The van der Waals surface area contributed by atoms with Crippen LogP contribution in [0.5, 0.6) is 0 Å². The lowest BCUT2D eigenvalue weighted by Gasteiger charge is -2.33. The van der Waals surface area contributed by atoms with Gasteiger partial charge in [-0.25, -0.2) is 0 Å². The molecule has 0 radical (unpaired) electrons. The summed E-state index contributed by atoms with van der Waals surface area (Å²) in [5, 5.41) is 7.78. The Morgan fingerprint density at radius 3 is 3.00 bits per heavy atom. The van der Waals surface area contributed by atoms with Gasteiger partial charge in [-0.05, 0) is 13.8 Å². The highest BCUT2D eigenvalue weighted by atomic mass is 15.3. The minimum absolute atomic E-state index is 0.623. The molecule has 84 valence electrons. The average Bonchev–Trinajstić information content (AvgIpc) is 2.49. The third-order valence-electron chi connectivity index (χ3n) is 3.13. The molecule has 0 saturated carbocycles. The second-order valence-electron chi connectivity index (χ2n) is 4.44. The number of nitrogens with one attached hydrogen (secondary N) is 1. The minimum Gasteiger partial charge on any atom is -0.314 e. The Labute approximate surface area is 91.3 Å². The molecule has 1 saturated heterocycles. The minimum atomic E-state index is 0.623. The first-order valence-corrected chi connectivity index (χ1v) is 5.60. The Morgan fingerprint density at radius 2 is 2.40 bits per heavy atom. The van der Waals surface area contributed by atoms with Crippen LogP contribution in [0.2, 0.25) is 0 Å². The number of hydrogen-bond donors (Lipinski definition) is 1. The van der Waals surface area contributed by atoms with Gasteiger partial charge in [0.2, 0.25) is 0 Å². The van der Waals surface area contributed by atoms with Gasteiger partial charge >= 0.3 is 0 Å². The molecule has 2 heterocycles. The first kappa shape index (κ1) is 10.6. The van der Waals surface area contributed by atoms with Crippen molar-refractivity contribution < 1.29 is 0 Å². The van der Waals surface area contributed by atoms with Gasteiger partial charge in [-0.15, -0.1) is 0 Å². The van der Waals surface area contributed by atoms with Gasteiger partial charge in [0.05, 0.1) is 5.69 Å². The van der Waals surface area contributed by atoms with Crippen LogP contribution in [0.3, 0.4) is 0 Å². The van der Waals surface area contributed by atoms with E-state index in [9.17, 15) is 0 Å². The summed E-state index contributed by atoms with van der Waals surface area (Å²) in [7, 11) is 1.98. The molecule has 0 aliphatic carbocycles. The van der Waals surface area contributed by atoms with Crippen LogP contribution >= 0.6 is 0 Å². The van der Waals surface area contributed by atoms with Gasteiger partial charge in [0.15, 0.2) is 0 Å². The van der Waals surface area contributed by atoms with Crippen molar-refractivity contribution in [3.05, 3.63) is 17.5 Å². The molecular weight excluding hydrogens is 188 g/mol. The molecule has 1 atom stereocenters. The zero-order valence-corrected chi connectivity index (χ0v) is 9.82. The van der Waals surface area contributed by atoms with Gasteiger partial charge in [0.25, 0.3) is 0 Å². The largest absolute Gasteiger partial charge is 0.314 e. The Kier molecular flexibility index (Phi) is 3.07. The van der Waals surface area contributed by atoms with Crippen LogP contribution in [-0.2, 0) is 13.6 Å². The zero-order valence-electron chi connectivity index (χ0n) is 9.82. The van der Waals surface area contributed by atoms with Crippen molar-refractivity contribution in [1.29, 1.82) is 0 Å². The van der Waals surface area contributed by atoms with E-state index in [2.05, 4.69) is 35.4 Å². The fraction of sp³-hybridized carbons (Fsp3) is 0.727. The molecule has 4 heteroatoms. The van der Waals surface area contributed by atoms with Crippen LogP contribution < -0.4 is 5.32 Å². The van der Waals surface area contributed by atoms with E-state index < -0.39 is 0 Å². The quantitative estimate of drug-likeness (QED) is 0.769. The molecule has 1 aromatic heterocycles. The number of piperazine rings is 1. The standard InChI is InChI=1S/C11H20N4/c1-9-6-12-4-5-15(9)8-11-7-14(3)13-10(11)2/h7,9,12H,4-6,8H2,1-3H3. The van der Waals surface area contributed by atoms with E-state index in [0.717, 1.165) is 31.9 Å². The summed E-state index contributed by atoms with van der Waals surface area (Å²) < 4.78 is 1.90. The molecular formula is C11H20N4. The highest BCUT2D eigenvalue weighted by molar-refractivity contribution is 5.15. The third-order valence-corrected chi connectivity index (χ3v) is 3.13. The lowest BCUT2D eigenvalue weighted by atomic mass is 10.1. The van der Waals surface area contributed by atoms with E-state index in [-0.39, 0.29) is 0 Å². The van der Waals surface area contributed by atoms with E-state index in [1.54, 1.807) is 0 Å². The van der Waals surface area contributed by atoms with Crippen molar-refractivity contribution >= 4 is 0 Å². The van der Waals surface area contributed by atoms with Gasteiger partial charge in [-0.2, -0.15) is 5.10 Å². The molecule has 0 aromatic carbocycles. The predicted molar refractivity (Wildman–Crippen MR) is 60.7 cm³/mol. The second-order valence-corrected chi connectivity index (χ2v) is 4.44. The SMILES string of the molecule is Cc1nn(C)cc1CN1CCNCC1C. The summed E-state index contributed by atoms with van der Waals surface area (Å²) in [6, 6.07) is 0.623. The fourth-order valence-corrected chi connectivity index (χ4v) is 2.14. The third kappa shape index (κ3) is 2.38. The summed E-state index contributed by atoms with van der Waals surface area (Å²) in [6.45, 7) is 8.72. The summed E-state index contributed by atoms with van der Waals surface area (Å²) in [5.74, 6) is 0. The molecule has 1 unspecified atom stereocenters. The molecule has 1 aromatic rings. The van der Waals surface area contributed by atoms with Crippen molar-refractivity contribution in [2.45, 2.75) is 26.4 Å². The van der Waals surface area contributed by atoms with Crippen LogP contribution in [0.15, 0.2) is 6.20 Å². The summed E-state index contributed by atoms with van der Waals surface area (Å²) in [4.78, 5) is 2.51. The van der Waals surface area contributed by atoms with E-state index in [1.807, 2.05) is 11.7 Å². The lowest BCUT2D eigenvalue weighted by Crippen LogP contribution is -2.49. The maximum absolute atomic E-state index is 4.38. The normalized spacial score (nSPS) is 23.3. The Morgan fingerprint density at radius 1 is 1.60 bits per heavy atom. The maximum atomic E-state index is 4.38. The van der Waals surface area contributed by atoms with Crippen LogP contribution in [0, 0.1) is 6.92 Å². The Balaban J connectivity index is 2.04. The number of aryl methyl sites for hydroxylation is 2. The van der Waals surface area contributed by atoms with Gasteiger partial charge in [0, 0.05) is 51.0 Å². The van der Waals surface area contributed by atoms with Gasteiger partial charge < -0.3 is 5.32 Å². The maximum Gasteiger partial charge on any atom is 0.0638 e. The van der Waals surface area contributed by atoms with E-state index in [4.69, 9.17) is 0 Å². The number of hydrogen-bond acceptors (Lipinski definition) is 3. The van der Waals surface area contributed by atoms with Gasteiger partial charge in [-0.3, -0.25) is 9.58 Å². The average molecular weight is 208 g/mol. The van der Waals surface area contributed by atoms with Crippen molar-refractivity contribution in [1.82, 2.24) is 20.0 Å². The van der Waals surface area contributed by atoms with Crippen molar-refractivity contribution in [3.63, 3.8) is 0 Å². The first-order valence-electron chi connectivity index (χ1n) is 5.60. The van der Waals surface area contributed by atoms with Gasteiger partial charge in [-0.1, -0.05) is 0 Å². The first-order chi connectivity index (χ1) is 7.16. The topological polar surface area (TPSA) is 33.1 Å². The summed E-state index contributed by atoms with van der Waals surface area (Å²) in [6.07, 6.45) is 2.13. The molecule has 0 amide bonds. The van der Waals surface area contributed by atoms with Crippen LogP contribution in [0.1, 0.15) is 18.2 Å². The fourth-order valence-electron chi connectivity index (χ4n) is 2.14. The molecule has 4 nitrogen and oxygen atoms in total. The van der Waals surface area contributed by atoms with Crippen molar-refractivity contribution in [2.75, 3.05) is 19.6 Å². The molecule has 0 spiro atoms. The molecule has 1 fully saturated rings. The zero-order chi connectivity index (χ0) is 10.8. The van der Waals surface area contributed by atoms with Crippen LogP contribution in [0.4, 0.5) is 0 Å². The van der Waals surface area contributed by atoms with Crippen molar-refractivity contribution in [3.8, 4) is 0 Å². The second kappa shape index (κ2) is 4.33. The molecule has 2 rings (SSSR count). The van der Waals surface area contributed by atoms with Crippen LogP contribution in [0.25, 0.3) is 0 Å². The Bertz CT molecular complexity index is 331. The molecule has 15 heavy (non-hydrogen) atoms. The van der Waals surface area contributed by atoms with E-state index >= 15 is 0 Å². The lowest BCUT2D eigenvalue weighted by molar-refractivity contribution is 0.165. The number of aromatic nitrogens is 2. The summed E-state index contributed by atoms with van der Waals surface area (Å²) in [5.41, 5.74) is 2.51. The van der Waals surface area contributed by atoms with Crippen LogP contribution in [-0.4, -0.2) is 40.4 Å². The van der Waals surface area contributed by atoms with Crippen molar-refractivity contribution in [2.24, 2.45) is 7.05 Å². The number of rotatable bonds is 2. The monoisotopic (exact) mass is 208 g/mol. The number of nitrogens with zero attached hydrogens (tertiary/aromatic N) is 3. The molecule has 1 N–H and O–H groups in total.